The summed E-state index contributed by atoms with van der Waals surface area (Å²) in [4.78, 5) is 0. The fourth-order valence-corrected chi connectivity index (χ4v) is 2.99. The lowest BCUT2D eigenvalue weighted by Gasteiger charge is -2.28. The Bertz CT molecular complexity index is 727. The van der Waals surface area contributed by atoms with E-state index in [0.717, 1.165) is 27.9 Å². The fraction of sp³-hybridized carbons (Fsp3) is 0.188. The molecule has 0 bridgehead atoms. The van der Waals surface area contributed by atoms with Gasteiger partial charge in [-0.2, -0.15) is 5.26 Å². The van der Waals surface area contributed by atoms with Crippen LogP contribution in [-0.4, -0.2) is 6.61 Å². The van der Waals surface area contributed by atoms with Crippen LogP contribution in [0.3, 0.4) is 0 Å². The van der Waals surface area contributed by atoms with Gasteiger partial charge in [0.2, 0.25) is 0 Å². The van der Waals surface area contributed by atoms with Gasteiger partial charge in [0.1, 0.15) is 11.8 Å². The molecule has 1 N–H and O–H groups in total. The van der Waals surface area contributed by atoms with Crippen LogP contribution in [0.1, 0.15) is 23.6 Å². The van der Waals surface area contributed by atoms with Gasteiger partial charge in [0, 0.05) is 21.5 Å². The number of ether oxygens (including phenoxy) is 1. The quantitative estimate of drug-likeness (QED) is 0.824. The van der Waals surface area contributed by atoms with Crippen molar-refractivity contribution in [3.05, 3.63) is 57.0 Å². The van der Waals surface area contributed by atoms with Crippen LogP contribution in [0.5, 0.6) is 5.75 Å². The van der Waals surface area contributed by atoms with Crippen LogP contribution in [0.4, 0.5) is 5.69 Å². The molecule has 0 saturated carbocycles. The molecule has 1 heterocycles. The third-order valence-corrected chi connectivity index (χ3v) is 4.17. The summed E-state index contributed by atoms with van der Waals surface area (Å²) in [5.74, 6) is 0.877. The summed E-state index contributed by atoms with van der Waals surface area (Å²) in [5.41, 5.74) is 2.42. The van der Waals surface area contributed by atoms with Crippen molar-refractivity contribution in [1.29, 1.82) is 5.26 Å². The van der Waals surface area contributed by atoms with E-state index >= 15 is 0 Å². The van der Waals surface area contributed by atoms with Crippen molar-refractivity contribution in [2.24, 2.45) is 0 Å². The molecule has 2 aromatic rings. The number of nitriles is 1. The van der Waals surface area contributed by atoms with Crippen LogP contribution >= 0.6 is 27.5 Å². The molecule has 0 radical (unpaired) electrons. The fourth-order valence-electron chi connectivity index (χ4n) is 2.44. The molecule has 0 fully saturated rings. The largest absolute Gasteiger partial charge is 0.493 e. The Morgan fingerprint density at radius 2 is 2.14 bits per heavy atom. The highest BCUT2D eigenvalue weighted by Gasteiger charge is 2.22. The molecule has 0 spiro atoms. The SMILES string of the molecule is N#Cc1ccc(Cl)cc1NC1CCOc2ccc(Br)cc21. The molecule has 106 valence electrons. The summed E-state index contributed by atoms with van der Waals surface area (Å²) < 4.78 is 6.68. The highest BCUT2D eigenvalue weighted by atomic mass is 79.9. The Kier molecular flexibility index (Phi) is 4.05. The predicted molar refractivity (Wildman–Crippen MR) is 86.8 cm³/mol. The lowest BCUT2D eigenvalue weighted by atomic mass is 10.00. The highest BCUT2D eigenvalue weighted by molar-refractivity contribution is 9.10. The molecule has 1 atom stereocenters. The van der Waals surface area contributed by atoms with Gasteiger partial charge >= 0.3 is 0 Å². The van der Waals surface area contributed by atoms with E-state index in [1.807, 2.05) is 18.2 Å². The standard InChI is InChI=1S/C16H12BrClN2O/c17-11-2-4-16-13(7-11)14(5-6-21-16)20-15-8-12(18)3-1-10(15)9-19/h1-4,7-8,14,20H,5-6H2. The first kappa shape index (κ1) is 14.2. The minimum absolute atomic E-state index is 0.0943. The number of fused-ring (bicyclic) bond motifs is 1. The van der Waals surface area contributed by atoms with Crippen LogP contribution in [0.2, 0.25) is 5.02 Å². The summed E-state index contributed by atoms with van der Waals surface area (Å²) in [6, 6.07) is 13.5. The number of hydrogen-bond donors (Lipinski definition) is 1. The molecule has 1 aliphatic rings. The average Bonchev–Trinajstić information content (AvgIpc) is 2.48. The molecule has 1 unspecified atom stereocenters. The van der Waals surface area contributed by atoms with E-state index in [9.17, 15) is 5.26 Å². The Balaban J connectivity index is 1.96. The molecule has 0 aliphatic carbocycles. The molecule has 21 heavy (non-hydrogen) atoms. The predicted octanol–water partition coefficient (Wildman–Crippen LogP) is 4.91. The van der Waals surface area contributed by atoms with Gasteiger partial charge < -0.3 is 10.1 Å². The molecule has 0 amide bonds. The smallest absolute Gasteiger partial charge is 0.124 e. The van der Waals surface area contributed by atoms with Crippen molar-refractivity contribution in [3.63, 3.8) is 0 Å². The third kappa shape index (κ3) is 2.99. The van der Waals surface area contributed by atoms with Crippen molar-refractivity contribution < 1.29 is 4.74 Å². The summed E-state index contributed by atoms with van der Waals surface area (Å²) in [6.07, 6.45) is 0.834. The molecule has 0 saturated heterocycles. The van der Waals surface area contributed by atoms with Gasteiger partial charge in [0.25, 0.3) is 0 Å². The number of nitrogens with zero attached hydrogens (tertiary/aromatic N) is 1. The average molecular weight is 364 g/mol. The van der Waals surface area contributed by atoms with E-state index in [2.05, 4.69) is 27.3 Å². The summed E-state index contributed by atoms with van der Waals surface area (Å²) in [7, 11) is 0. The minimum atomic E-state index is 0.0943. The van der Waals surface area contributed by atoms with Gasteiger partial charge in [-0.25, -0.2) is 0 Å². The van der Waals surface area contributed by atoms with Gasteiger partial charge in [0.05, 0.1) is 23.9 Å². The number of benzene rings is 2. The molecule has 2 aromatic carbocycles. The van der Waals surface area contributed by atoms with E-state index in [-0.39, 0.29) is 6.04 Å². The monoisotopic (exact) mass is 362 g/mol. The topological polar surface area (TPSA) is 45.0 Å². The van der Waals surface area contributed by atoms with Crippen molar-refractivity contribution in [1.82, 2.24) is 0 Å². The molecule has 0 aromatic heterocycles. The zero-order valence-electron chi connectivity index (χ0n) is 11.1. The van der Waals surface area contributed by atoms with E-state index in [1.165, 1.54) is 0 Å². The van der Waals surface area contributed by atoms with Crippen LogP contribution in [0.25, 0.3) is 0 Å². The first-order valence-electron chi connectivity index (χ1n) is 6.56. The molecule has 3 rings (SSSR count). The lowest BCUT2D eigenvalue weighted by molar-refractivity contribution is 0.274. The van der Waals surface area contributed by atoms with Crippen molar-refractivity contribution in [2.45, 2.75) is 12.5 Å². The number of halogens is 2. The first-order chi connectivity index (χ1) is 10.2. The van der Waals surface area contributed by atoms with Crippen molar-refractivity contribution in [3.8, 4) is 11.8 Å². The highest BCUT2D eigenvalue weighted by Crippen LogP contribution is 2.37. The first-order valence-corrected chi connectivity index (χ1v) is 7.73. The van der Waals surface area contributed by atoms with Gasteiger partial charge in [-0.3, -0.25) is 0 Å². The van der Waals surface area contributed by atoms with Crippen LogP contribution in [0, 0.1) is 11.3 Å². The molecular formula is C16H12BrClN2O. The third-order valence-electron chi connectivity index (χ3n) is 3.44. The maximum Gasteiger partial charge on any atom is 0.124 e. The maximum absolute atomic E-state index is 9.21. The number of rotatable bonds is 2. The van der Waals surface area contributed by atoms with E-state index in [0.29, 0.717) is 17.2 Å². The van der Waals surface area contributed by atoms with Crippen molar-refractivity contribution >= 4 is 33.2 Å². The van der Waals surface area contributed by atoms with Crippen LogP contribution < -0.4 is 10.1 Å². The normalized spacial score (nSPS) is 16.5. The Morgan fingerprint density at radius 1 is 1.29 bits per heavy atom. The second kappa shape index (κ2) is 5.97. The second-order valence-corrected chi connectivity index (χ2v) is 6.17. The number of anilines is 1. The van der Waals surface area contributed by atoms with E-state index in [1.54, 1.807) is 18.2 Å². The zero-order valence-corrected chi connectivity index (χ0v) is 13.4. The van der Waals surface area contributed by atoms with Gasteiger partial charge in [-0.05, 0) is 36.4 Å². The number of nitrogens with one attached hydrogen (secondary N) is 1. The van der Waals surface area contributed by atoms with Crippen LogP contribution in [-0.2, 0) is 0 Å². The molecular weight excluding hydrogens is 352 g/mol. The van der Waals surface area contributed by atoms with Gasteiger partial charge in [-0.1, -0.05) is 27.5 Å². The second-order valence-electron chi connectivity index (χ2n) is 4.82. The van der Waals surface area contributed by atoms with E-state index < -0.39 is 0 Å². The molecule has 5 heteroatoms. The summed E-state index contributed by atoms with van der Waals surface area (Å²) >= 11 is 9.52. The number of hydrogen-bond acceptors (Lipinski definition) is 3. The van der Waals surface area contributed by atoms with Crippen LogP contribution in [0.15, 0.2) is 40.9 Å². The van der Waals surface area contributed by atoms with E-state index in [4.69, 9.17) is 16.3 Å². The Labute approximate surface area is 136 Å². The van der Waals surface area contributed by atoms with Crippen molar-refractivity contribution in [2.75, 3.05) is 11.9 Å². The summed E-state index contributed by atoms with van der Waals surface area (Å²) in [6.45, 7) is 0.648. The Morgan fingerprint density at radius 3 is 2.95 bits per heavy atom. The minimum Gasteiger partial charge on any atom is -0.493 e. The molecule has 3 nitrogen and oxygen atoms in total. The molecule has 1 aliphatic heterocycles. The van der Waals surface area contributed by atoms with Gasteiger partial charge in [0.15, 0.2) is 0 Å². The lowest BCUT2D eigenvalue weighted by Crippen LogP contribution is -2.20. The Hall–Kier alpha value is -1.70. The maximum atomic E-state index is 9.21. The summed E-state index contributed by atoms with van der Waals surface area (Å²) in [5, 5.41) is 13.2. The van der Waals surface area contributed by atoms with Gasteiger partial charge in [-0.15, -0.1) is 0 Å². The zero-order chi connectivity index (χ0) is 14.8.